The smallest absolute Gasteiger partial charge is 0.130 e. The van der Waals surface area contributed by atoms with Gasteiger partial charge in [0.1, 0.15) is 5.15 Å². The number of hydrogen-bond acceptors (Lipinski definition) is 2. The molecule has 0 aliphatic carbocycles. The number of hydrogen-bond donors (Lipinski definition) is 1. The molecule has 0 amide bonds. The molecule has 1 atom stereocenters. The lowest BCUT2D eigenvalue weighted by molar-refractivity contribution is 0.352. The molecule has 0 saturated carbocycles. The van der Waals surface area contributed by atoms with Gasteiger partial charge >= 0.3 is 0 Å². The summed E-state index contributed by atoms with van der Waals surface area (Å²) in [5.41, 5.74) is 2.26. The van der Waals surface area contributed by atoms with Crippen LogP contribution < -0.4 is 5.32 Å². The van der Waals surface area contributed by atoms with Gasteiger partial charge in [0.05, 0.1) is 5.69 Å². The zero-order chi connectivity index (χ0) is 14.6. The summed E-state index contributed by atoms with van der Waals surface area (Å²) in [5, 5.41) is 8.74. The highest BCUT2D eigenvalue weighted by Crippen LogP contribution is 2.25. The summed E-state index contributed by atoms with van der Waals surface area (Å²) in [6, 6.07) is 0. The van der Waals surface area contributed by atoms with E-state index in [1.54, 1.807) is 4.68 Å². The highest BCUT2D eigenvalue weighted by Gasteiger charge is 2.19. The van der Waals surface area contributed by atoms with Gasteiger partial charge in [-0.15, -0.1) is 0 Å². The molecule has 1 aromatic heterocycles. The molecule has 1 heterocycles. The highest BCUT2D eigenvalue weighted by molar-refractivity contribution is 6.30. The summed E-state index contributed by atoms with van der Waals surface area (Å²) < 4.78 is 1.77. The Hall–Kier alpha value is -0.540. The van der Waals surface area contributed by atoms with Gasteiger partial charge in [0.15, 0.2) is 0 Å². The fraction of sp³-hybridized carbons (Fsp3) is 0.800. The van der Waals surface area contributed by atoms with Crippen LogP contribution in [-0.4, -0.2) is 22.9 Å². The van der Waals surface area contributed by atoms with E-state index in [-0.39, 0.29) is 0 Å². The highest BCUT2D eigenvalue weighted by atomic mass is 35.5. The molecule has 110 valence electrons. The molecule has 0 saturated heterocycles. The second-order valence-corrected chi connectivity index (χ2v) is 6.60. The third kappa shape index (κ3) is 4.81. The van der Waals surface area contributed by atoms with Crippen molar-refractivity contribution in [3.8, 4) is 0 Å². The predicted molar refractivity (Wildman–Crippen MR) is 82.7 cm³/mol. The van der Waals surface area contributed by atoms with Crippen LogP contribution >= 0.6 is 11.6 Å². The van der Waals surface area contributed by atoms with Crippen LogP contribution in [0.15, 0.2) is 0 Å². The van der Waals surface area contributed by atoms with Crippen LogP contribution in [0, 0.1) is 24.7 Å². The summed E-state index contributed by atoms with van der Waals surface area (Å²) in [5.74, 6) is 1.92. The largest absolute Gasteiger partial charge is 0.316 e. The molecular formula is C15H28ClN3. The molecule has 1 unspecified atom stereocenters. The molecular weight excluding hydrogens is 258 g/mol. The fourth-order valence-corrected chi connectivity index (χ4v) is 2.52. The Bertz CT molecular complexity index is 396. The number of halogens is 1. The van der Waals surface area contributed by atoms with E-state index in [0.29, 0.717) is 17.8 Å². The second kappa shape index (κ2) is 7.30. The van der Waals surface area contributed by atoms with E-state index in [2.05, 4.69) is 38.1 Å². The molecule has 3 nitrogen and oxygen atoms in total. The Balaban J connectivity index is 2.67. The van der Waals surface area contributed by atoms with Gasteiger partial charge in [-0.05, 0) is 44.2 Å². The summed E-state index contributed by atoms with van der Waals surface area (Å²) in [7, 11) is 1.90. The molecule has 0 aliphatic heterocycles. The minimum absolute atomic E-state index is 0.596. The second-order valence-electron chi connectivity index (χ2n) is 6.24. The average Bonchev–Trinajstić information content (AvgIpc) is 2.53. The van der Waals surface area contributed by atoms with E-state index >= 15 is 0 Å². The third-order valence-electron chi connectivity index (χ3n) is 3.64. The van der Waals surface area contributed by atoms with E-state index in [9.17, 15) is 0 Å². The molecule has 4 heteroatoms. The Morgan fingerprint density at radius 2 is 1.84 bits per heavy atom. The van der Waals surface area contributed by atoms with Crippen LogP contribution in [0.5, 0.6) is 0 Å². The topological polar surface area (TPSA) is 29.9 Å². The minimum Gasteiger partial charge on any atom is -0.316 e. The van der Waals surface area contributed by atoms with Gasteiger partial charge in [0.25, 0.3) is 0 Å². The van der Waals surface area contributed by atoms with E-state index in [1.165, 1.54) is 5.56 Å². The van der Waals surface area contributed by atoms with Crippen molar-refractivity contribution in [2.45, 2.75) is 41.0 Å². The molecule has 0 bridgehead atoms. The van der Waals surface area contributed by atoms with E-state index < -0.39 is 0 Å². The fourth-order valence-electron chi connectivity index (χ4n) is 2.27. The van der Waals surface area contributed by atoms with Crippen molar-refractivity contribution >= 4 is 11.6 Å². The van der Waals surface area contributed by atoms with Crippen molar-refractivity contribution in [2.24, 2.45) is 24.8 Å². The first kappa shape index (κ1) is 16.5. The van der Waals surface area contributed by atoms with Crippen molar-refractivity contribution in [3.63, 3.8) is 0 Å². The first-order chi connectivity index (χ1) is 8.82. The Kier molecular flexibility index (Phi) is 6.34. The molecule has 1 aromatic rings. The van der Waals surface area contributed by atoms with Gasteiger partial charge in [-0.1, -0.05) is 39.3 Å². The zero-order valence-corrected chi connectivity index (χ0v) is 13.9. The van der Waals surface area contributed by atoms with Crippen molar-refractivity contribution in [1.82, 2.24) is 15.1 Å². The first-order valence-corrected chi connectivity index (χ1v) is 7.59. The van der Waals surface area contributed by atoms with E-state index in [4.69, 9.17) is 11.6 Å². The average molecular weight is 286 g/mol. The van der Waals surface area contributed by atoms with Crippen LogP contribution in [0.2, 0.25) is 5.15 Å². The third-order valence-corrected chi connectivity index (χ3v) is 4.11. The Labute approximate surface area is 122 Å². The number of nitrogens with zero attached hydrogens (tertiary/aromatic N) is 2. The molecule has 0 radical (unpaired) electrons. The monoisotopic (exact) mass is 285 g/mol. The van der Waals surface area contributed by atoms with Gasteiger partial charge in [-0.3, -0.25) is 4.68 Å². The quantitative estimate of drug-likeness (QED) is 0.832. The van der Waals surface area contributed by atoms with Crippen molar-refractivity contribution in [3.05, 3.63) is 16.4 Å². The molecule has 0 aliphatic rings. The molecule has 1 rings (SSSR count). The van der Waals surface area contributed by atoms with Crippen molar-refractivity contribution in [1.29, 1.82) is 0 Å². The van der Waals surface area contributed by atoms with Crippen molar-refractivity contribution < 1.29 is 0 Å². The SMILES string of the molecule is Cc1nn(C)c(Cl)c1CC(CNCC(C)C)C(C)C. The number of aryl methyl sites for hydroxylation is 2. The first-order valence-electron chi connectivity index (χ1n) is 7.21. The lowest BCUT2D eigenvalue weighted by Crippen LogP contribution is -2.30. The maximum Gasteiger partial charge on any atom is 0.130 e. The summed E-state index contributed by atoms with van der Waals surface area (Å²) in [6.45, 7) is 13.2. The van der Waals surface area contributed by atoms with E-state index in [1.807, 2.05) is 14.0 Å². The van der Waals surface area contributed by atoms with Gasteiger partial charge in [-0.2, -0.15) is 5.10 Å². The Morgan fingerprint density at radius 1 is 1.21 bits per heavy atom. The minimum atomic E-state index is 0.596. The molecule has 19 heavy (non-hydrogen) atoms. The Morgan fingerprint density at radius 3 is 2.26 bits per heavy atom. The maximum atomic E-state index is 6.33. The lowest BCUT2D eigenvalue weighted by atomic mass is 9.89. The van der Waals surface area contributed by atoms with Crippen LogP contribution in [-0.2, 0) is 13.5 Å². The molecule has 0 fully saturated rings. The summed E-state index contributed by atoms with van der Waals surface area (Å²) in [6.07, 6.45) is 1.00. The number of rotatable bonds is 7. The molecule has 1 N–H and O–H groups in total. The van der Waals surface area contributed by atoms with E-state index in [0.717, 1.165) is 30.4 Å². The standard InChI is InChI=1S/C15H28ClN3/c1-10(2)8-17-9-13(11(3)4)7-14-12(5)18-19(6)15(14)16/h10-11,13,17H,7-9H2,1-6H3. The molecule has 0 spiro atoms. The lowest BCUT2D eigenvalue weighted by Gasteiger charge is -2.22. The van der Waals surface area contributed by atoms with Gasteiger partial charge in [0, 0.05) is 12.6 Å². The van der Waals surface area contributed by atoms with Gasteiger partial charge < -0.3 is 5.32 Å². The van der Waals surface area contributed by atoms with Gasteiger partial charge in [0.2, 0.25) is 0 Å². The zero-order valence-electron chi connectivity index (χ0n) is 13.1. The normalized spacial score (nSPS) is 13.5. The number of aromatic nitrogens is 2. The van der Waals surface area contributed by atoms with Crippen LogP contribution in [0.1, 0.15) is 39.0 Å². The van der Waals surface area contributed by atoms with Crippen molar-refractivity contribution in [2.75, 3.05) is 13.1 Å². The number of nitrogens with one attached hydrogen (secondary N) is 1. The maximum absolute atomic E-state index is 6.33. The van der Waals surface area contributed by atoms with Crippen LogP contribution in [0.25, 0.3) is 0 Å². The van der Waals surface area contributed by atoms with Crippen LogP contribution in [0.4, 0.5) is 0 Å². The van der Waals surface area contributed by atoms with Crippen LogP contribution in [0.3, 0.4) is 0 Å². The summed E-state index contributed by atoms with van der Waals surface area (Å²) in [4.78, 5) is 0. The van der Waals surface area contributed by atoms with Gasteiger partial charge in [-0.25, -0.2) is 0 Å². The predicted octanol–water partition coefficient (Wildman–Crippen LogP) is 3.44. The molecule has 0 aromatic carbocycles. The summed E-state index contributed by atoms with van der Waals surface area (Å²) >= 11 is 6.33.